The summed E-state index contributed by atoms with van der Waals surface area (Å²) in [5, 5.41) is 3.04. The molecule has 1 aromatic heterocycles. The fourth-order valence-corrected chi connectivity index (χ4v) is 3.48. The Morgan fingerprint density at radius 2 is 1.89 bits per heavy atom. The summed E-state index contributed by atoms with van der Waals surface area (Å²) >= 11 is 1.24. The van der Waals surface area contributed by atoms with Crippen molar-refractivity contribution in [2.45, 2.75) is 19.1 Å². The highest BCUT2D eigenvalue weighted by Crippen LogP contribution is 2.23. The van der Waals surface area contributed by atoms with E-state index in [2.05, 4.69) is 5.32 Å². The number of hydrogen-bond acceptors (Lipinski definition) is 4. The Labute approximate surface area is 158 Å². The Kier molecular flexibility index (Phi) is 5.91. The van der Waals surface area contributed by atoms with Crippen LogP contribution >= 0.6 is 11.8 Å². The molecule has 0 radical (unpaired) electrons. The molecule has 1 heterocycles. The first-order valence-electron chi connectivity index (χ1n) is 8.35. The molecule has 0 unspecified atom stereocenters. The predicted molar refractivity (Wildman–Crippen MR) is 103 cm³/mol. The zero-order valence-corrected chi connectivity index (χ0v) is 15.4. The molecule has 0 aliphatic rings. The van der Waals surface area contributed by atoms with Gasteiger partial charge in [0.2, 0.25) is 5.91 Å². The van der Waals surface area contributed by atoms with Crippen LogP contribution in [0.3, 0.4) is 0 Å². The van der Waals surface area contributed by atoms with E-state index in [1.165, 1.54) is 23.9 Å². The van der Waals surface area contributed by atoms with Crippen LogP contribution in [0.1, 0.15) is 18.1 Å². The number of nitrogens with one attached hydrogen (secondary N) is 1. The minimum Gasteiger partial charge on any atom is -0.423 e. The van der Waals surface area contributed by atoms with E-state index in [-0.39, 0.29) is 5.75 Å². The number of thioether (sulfide) groups is 1. The van der Waals surface area contributed by atoms with Gasteiger partial charge in [-0.3, -0.25) is 4.79 Å². The highest BCUT2D eigenvalue weighted by Gasteiger charge is 2.13. The van der Waals surface area contributed by atoms with Crippen molar-refractivity contribution in [2.75, 3.05) is 11.1 Å². The van der Waals surface area contributed by atoms with Crippen LogP contribution in [0, 0.1) is 11.6 Å². The van der Waals surface area contributed by atoms with Gasteiger partial charge < -0.3 is 9.73 Å². The molecule has 0 saturated carbocycles. The third kappa shape index (κ3) is 4.54. The van der Waals surface area contributed by atoms with Crippen molar-refractivity contribution >= 4 is 34.3 Å². The van der Waals surface area contributed by atoms with Gasteiger partial charge in [-0.25, -0.2) is 13.6 Å². The van der Waals surface area contributed by atoms with Crippen molar-refractivity contribution in [1.29, 1.82) is 0 Å². The van der Waals surface area contributed by atoms with Crippen molar-refractivity contribution in [3.05, 3.63) is 75.6 Å². The Morgan fingerprint density at radius 3 is 2.59 bits per heavy atom. The van der Waals surface area contributed by atoms with Crippen LogP contribution in [0.2, 0.25) is 0 Å². The number of carbonyl (C=O) groups excluding carboxylic acids is 1. The molecule has 1 amide bonds. The van der Waals surface area contributed by atoms with Crippen LogP contribution in [0.25, 0.3) is 11.0 Å². The molecular formula is C20H17F2NO3S. The maximum absolute atomic E-state index is 13.6. The zero-order chi connectivity index (χ0) is 19.4. The Balaban J connectivity index is 1.68. The molecular weight excluding hydrogens is 372 g/mol. The largest absolute Gasteiger partial charge is 0.423 e. The SMILES string of the molecule is CCc1ccc2c(CSCC(=O)Nc3c(F)cccc3F)cc(=O)oc2c1. The van der Waals surface area contributed by atoms with Crippen LogP contribution < -0.4 is 10.9 Å². The number of anilines is 1. The Bertz CT molecular complexity index is 1030. The van der Waals surface area contributed by atoms with E-state index in [0.717, 1.165) is 35.1 Å². The molecule has 0 saturated heterocycles. The fraction of sp³-hybridized carbons (Fsp3) is 0.200. The predicted octanol–water partition coefficient (Wildman–Crippen LogP) is 4.51. The first-order chi connectivity index (χ1) is 13.0. The average Bonchev–Trinajstić information content (AvgIpc) is 2.64. The highest BCUT2D eigenvalue weighted by atomic mass is 32.2. The number of hydrogen-bond donors (Lipinski definition) is 1. The van der Waals surface area contributed by atoms with Gasteiger partial charge in [0.15, 0.2) is 0 Å². The summed E-state index contributed by atoms with van der Waals surface area (Å²) < 4.78 is 32.4. The lowest BCUT2D eigenvalue weighted by molar-refractivity contribution is -0.113. The van der Waals surface area contributed by atoms with Crippen LogP contribution in [-0.4, -0.2) is 11.7 Å². The van der Waals surface area contributed by atoms with Crippen LogP contribution in [-0.2, 0) is 17.0 Å². The third-order valence-electron chi connectivity index (χ3n) is 4.02. The second-order valence-corrected chi connectivity index (χ2v) is 6.90. The average molecular weight is 389 g/mol. The number of fused-ring (bicyclic) bond motifs is 1. The number of para-hydroxylation sites is 1. The number of rotatable bonds is 6. The van der Waals surface area contributed by atoms with Crippen molar-refractivity contribution < 1.29 is 18.0 Å². The van der Waals surface area contributed by atoms with Crippen molar-refractivity contribution in [2.24, 2.45) is 0 Å². The second kappa shape index (κ2) is 8.35. The number of carbonyl (C=O) groups is 1. The van der Waals surface area contributed by atoms with E-state index in [9.17, 15) is 18.4 Å². The van der Waals surface area contributed by atoms with Crippen molar-refractivity contribution in [3.8, 4) is 0 Å². The van der Waals surface area contributed by atoms with Gasteiger partial charge in [-0.15, -0.1) is 11.8 Å². The molecule has 0 spiro atoms. The van der Waals surface area contributed by atoms with E-state index in [4.69, 9.17) is 4.42 Å². The molecule has 2 aromatic carbocycles. The van der Waals surface area contributed by atoms with Gasteiger partial charge in [-0.05, 0) is 35.7 Å². The van der Waals surface area contributed by atoms with Gasteiger partial charge in [-0.2, -0.15) is 0 Å². The molecule has 27 heavy (non-hydrogen) atoms. The number of aryl methyl sites for hydroxylation is 1. The maximum atomic E-state index is 13.6. The molecule has 7 heteroatoms. The van der Waals surface area contributed by atoms with Gasteiger partial charge in [0.05, 0.1) is 5.75 Å². The van der Waals surface area contributed by atoms with Crippen LogP contribution in [0.15, 0.2) is 51.7 Å². The molecule has 0 fully saturated rings. The summed E-state index contributed by atoms with van der Waals surface area (Å²) in [4.78, 5) is 23.8. The van der Waals surface area contributed by atoms with Crippen LogP contribution in [0.5, 0.6) is 0 Å². The summed E-state index contributed by atoms with van der Waals surface area (Å²) in [5.41, 5.74) is 1.40. The lowest BCUT2D eigenvalue weighted by atomic mass is 10.1. The normalized spacial score (nSPS) is 10.9. The molecule has 0 bridgehead atoms. The molecule has 1 N–H and O–H groups in total. The van der Waals surface area contributed by atoms with E-state index < -0.39 is 28.9 Å². The lowest BCUT2D eigenvalue weighted by Gasteiger charge is -2.08. The zero-order valence-electron chi connectivity index (χ0n) is 14.6. The van der Waals surface area contributed by atoms with E-state index in [1.807, 2.05) is 25.1 Å². The number of halogens is 2. The Morgan fingerprint density at radius 1 is 1.15 bits per heavy atom. The van der Waals surface area contributed by atoms with Gasteiger partial charge >= 0.3 is 5.63 Å². The van der Waals surface area contributed by atoms with Gasteiger partial charge in [0, 0.05) is 17.2 Å². The van der Waals surface area contributed by atoms with E-state index in [0.29, 0.717) is 11.3 Å². The van der Waals surface area contributed by atoms with Gasteiger partial charge in [0.25, 0.3) is 0 Å². The minimum atomic E-state index is -0.827. The molecule has 140 valence electrons. The monoisotopic (exact) mass is 389 g/mol. The topological polar surface area (TPSA) is 59.3 Å². The lowest BCUT2D eigenvalue weighted by Crippen LogP contribution is -2.16. The third-order valence-corrected chi connectivity index (χ3v) is 5.00. The molecule has 0 aliphatic heterocycles. The summed E-state index contributed by atoms with van der Waals surface area (Å²) in [7, 11) is 0. The van der Waals surface area contributed by atoms with Crippen molar-refractivity contribution in [3.63, 3.8) is 0 Å². The molecule has 0 atom stereocenters. The summed E-state index contributed by atoms with van der Waals surface area (Å²) in [5.74, 6) is -1.80. The standard InChI is InChI=1S/C20H17F2NO3S/c1-2-12-6-7-14-13(9-19(25)26-17(14)8-12)10-27-11-18(24)23-20-15(21)4-3-5-16(20)22/h3-9H,2,10-11H2,1H3,(H,23,24). The summed E-state index contributed by atoms with van der Waals surface area (Å²) in [6.45, 7) is 2.01. The number of amides is 1. The first kappa shape index (κ1) is 19.1. The first-order valence-corrected chi connectivity index (χ1v) is 9.50. The van der Waals surface area contributed by atoms with Crippen LogP contribution in [0.4, 0.5) is 14.5 Å². The fourth-order valence-electron chi connectivity index (χ4n) is 2.66. The molecule has 0 aliphatic carbocycles. The van der Waals surface area contributed by atoms with Gasteiger partial charge in [-0.1, -0.05) is 25.1 Å². The highest BCUT2D eigenvalue weighted by molar-refractivity contribution is 7.99. The van der Waals surface area contributed by atoms with E-state index in [1.54, 1.807) is 0 Å². The van der Waals surface area contributed by atoms with Gasteiger partial charge in [0.1, 0.15) is 22.9 Å². The second-order valence-electron chi connectivity index (χ2n) is 5.91. The minimum absolute atomic E-state index is 0.0114. The quantitative estimate of drug-likeness (QED) is 0.631. The Hall–Kier alpha value is -2.67. The van der Waals surface area contributed by atoms with E-state index >= 15 is 0 Å². The maximum Gasteiger partial charge on any atom is 0.336 e. The molecule has 3 rings (SSSR count). The molecule has 3 aromatic rings. The summed E-state index contributed by atoms with van der Waals surface area (Å²) in [6.07, 6.45) is 0.825. The van der Waals surface area contributed by atoms with Crippen molar-refractivity contribution in [1.82, 2.24) is 0 Å². The number of benzene rings is 2. The summed E-state index contributed by atoms with van der Waals surface area (Å²) in [6, 6.07) is 10.5. The smallest absolute Gasteiger partial charge is 0.336 e. The molecule has 4 nitrogen and oxygen atoms in total.